The van der Waals surface area contributed by atoms with Gasteiger partial charge in [-0.15, -0.1) is 0 Å². The summed E-state index contributed by atoms with van der Waals surface area (Å²) in [6, 6.07) is 18.3. The van der Waals surface area contributed by atoms with Gasteiger partial charge in [0.05, 0.1) is 0 Å². The maximum atomic E-state index is 10.2. The summed E-state index contributed by atoms with van der Waals surface area (Å²) in [6.07, 6.45) is 7.73. The molecule has 5 rings (SSSR count). The Bertz CT molecular complexity index is 801. The highest BCUT2D eigenvalue weighted by Gasteiger charge is 2.54. The Balaban J connectivity index is 1.57. The fourth-order valence-electron chi connectivity index (χ4n) is 6.43. The summed E-state index contributed by atoms with van der Waals surface area (Å²) >= 11 is 0. The fraction of sp³-hybridized carbons (Fsp3) is 0.500. The monoisotopic (exact) mass is 347 g/mol. The Morgan fingerprint density at radius 3 is 2.77 bits per heavy atom. The summed E-state index contributed by atoms with van der Waals surface area (Å²) < 4.78 is 0. The van der Waals surface area contributed by atoms with Gasteiger partial charge in [0.1, 0.15) is 5.75 Å². The molecule has 1 aliphatic heterocycles. The van der Waals surface area contributed by atoms with Gasteiger partial charge >= 0.3 is 0 Å². The quantitative estimate of drug-likeness (QED) is 0.806. The lowest BCUT2D eigenvalue weighted by Crippen LogP contribution is -2.61. The third-order valence-corrected chi connectivity index (χ3v) is 7.64. The number of likely N-dealkylation sites (tertiary alicyclic amines) is 1. The van der Waals surface area contributed by atoms with Crippen LogP contribution < -0.4 is 0 Å². The van der Waals surface area contributed by atoms with E-state index in [1.807, 2.05) is 6.07 Å². The zero-order valence-electron chi connectivity index (χ0n) is 15.7. The summed E-state index contributed by atoms with van der Waals surface area (Å²) in [4.78, 5) is 2.79. The molecule has 0 unspecified atom stereocenters. The predicted octanol–water partition coefficient (Wildman–Crippen LogP) is 5.21. The number of aromatic hydroxyl groups is 1. The van der Waals surface area contributed by atoms with E-state index in [-0.39, 0.29) is 0 Å². The van der Waals surface area contributed by atoms with Crippen LogP contribution in [0, 0.1) is 5.92 Å². The molecule has 26 heavy (non-hydrogen) atoms. The highest BCUT2D eigenvalue weighted by atomic mass is 16.3. The van der Waals surface area contributed by atoms with Crippen molar-refractivity contribution >= 4 is 0 Å². The van der Waals surface area contributed by atoms with Gasteiger partial charge in [-0.25, -0.2) is 0 Å². The van der Waals surface area contributed by atoms with Crippen LogP contribution in [0.4, 0.5) is 0 Å². The maximum Gasteiger partial charge on any atom is 0.115 e. The Labute approximate surface area is 156 Å². The van der Waals surface area contributed by atoms with Crippen molar-refractivity contribution in [3.05, 3.63) is 65.2 Å². The van der Waals surface area contributed by atoms with E-state index >= 15 is 0 Å². The van der Waals surface area contributed by atoms with E-state index in [2.05, 4.69) is 54.3 Å². The molecular formula is C24H29NO. The molecule has 2 aromatic carbocycles. The van der Waals surface area contributed by atoms with E-state index in [9.17, 15) is 5.11 Å². The minimum Gasteiger partial charge on any atom is -0.508 e. The molecule has 0 amide bonds. The lowest BCUT2D eigenvalue weighted by atomic mass is 9.52. The molecule has 1 N–H and O–H groups in total. The SMILES string of the molecule is C[C@H](c1ccccc1)N1CC[C@@]23CCCC[C@@H]2[C@H]1Cc1ccc(O)cc13. The number of phenols is 1. The van der Waals surface area contributed by atoms with Crippen LogP contribution in [0.5, 0.6) is 5.75 Å². The van der Waals surface area contributed by atoms with Crippen molar-refractivity contribution in [2.45, 2.75) is 62.9 Å². The number of hydrogen-bond donors (Lipinski definition) is 1. The van der Waals surface area contributed by atoms with E-state index in [0.29, 0.717) is 23.2 Å². The average molecular weight is 348 g/mol. The highest BCUT2D eigenvalue weighted by Crippen LogP contribution is 2.57. The number of phenolic OH excluding ortho intramolecular Hbond substituents is 1. The second-order valence-electron chi connectivity index (χ2n) is 8.70. The van der Waals surface area contributed by atoms with Gasteiger partial charge in [0.25, 0.3) is 0 Å². The first-order valence-electron chi connectivity index (χ1n) is 10.3. The average Bonchev–Trinajstić information content (AvgIpc) is 2.69. The van der Waals surface area contributed by atoms with Crippen LogP contribution in [-0.2, 0) is 11.8 Å². The van der Waals surface area contributed by atoms with Crippen molar-refractivity contribution in [1.82, 2.24) is 4.90 Å². The van der Waals surface area contributed by atoms with Crippen molar-refractivity contribution in [2.24, 2.45) is 5.92 Å². The molecule has 0 radical (unpaired) electrons. The van der Waals surface area contributed by atoms with Crippen LogP contribution in [0.25, 0.3) is 0 Å². The van der Waals surface area contributed by atoms with Crippen LogP contribution in [0.1, 0.15) is 61.8 Å². The Kier molecular flexibility index (Phi) is 3.86. The number of rotatable bonds is 2. The van der Waals surface area contributed by atoms with Crippen LogP contribution in [0.15, 0.2) is 48.5 Å². The minimum absolute atomic E-state index is 0.308. The molecule has 1 saturated heterocycles. The van der Waals surface area contributed by atoms with Crippen LogP contribution in [0.2, 0.25) is 0 Å². The third kappa shape index (κ3) is 2.35. The number of piperidine rings is 1. The summed E-state index contributed by atoms with van der Waals surface area (Å²) in [5.74, 6) is 1.19. The molecule has 2 fully saturated rings. The van der Waals surface area contributed by atoms with E-state index < -0.39 is 0 Å². The van der Waals surface area contributed by atoms with Gasteiger partial charge in [-0.1, -0.05) is 49.2 Å². The second-order valence-corrected chi connectivity index (χ2v) is 8.70. The number of hydrogen-bond acceptors (Lipinski definition) is 2. The van der Waals surface area contributed by atoms with Crippen molar-refractivity contribution < 1.29 is 5.11 Å². The fourth-order valence-corrected chi connectivity index (χ4v) is 6.43. The molecule has 0 spiro atoms. The third-order valence-electron chi connectivity index (χ3n) is 7.64. The molecule has 2 aliphatic carbocycles. The predicted molar refractivity (Wildman–Crippen MR) is 105 cm³/mol. The largest absolute Gasteiger partial charge is 0.508 e. The van der Waals surface area contributed by atoms with E-state index in [4.69, 9.17) is 0 Å². The molecule has 2 nitrogen and oxygen atoms in total. The zero-order valence-corrected chi connectivity index (χ0v) is 15.7. The standard InChI is InChI=1S/C24H29NO/c1-17(18-7-3-2-4-8-18)25-14-13-24-12-6-5-9-21(24)23(25)15-19-10-11-20(26)16-22(19)24/h2-4,7-8,10-11,16-17,21,23,26H,5-6,9,12-15H2,1H3/t17-,21-,23-,24+/m1/s1. The van der Waals surface area contributed by atoms with E-state index in [1.165, 1.54) is 55.3 Å². The first kappa shape index (κ1) is 16.4. The summed E-state index contributed by atoms with van der Waals surface area (Å²) in [5.41, 5.74) is 4.70. The van der Waals surface area contributed by atoms with Gasteiger partial charge in [0.15, 0.2) is 0 Å². The molecule has 1 heterocycles. The molecule has 2 heteroatoms. The number of fused-ring (bicyclic) bond motifs is 1. The smallest absolute Gasteiger partial charge is 0.115 e. The van der Waals surface area contributed by atoms with Crippen LogP contribution in [0.3, 0.4) is 0 Å². The van der Waals surface area contributed by atoms with Gasteiger partial charge in [-0.05, 0) is 73.9 Å². The molecule has 0 aromatic heterocycles. The normalized spacial score (nSPS) is 31.7. The number of nitrogens with zero attached hydrogens (tertiary/aromatic N) is 1. The van der Waals surface area contributed by atoms with Crippen molar-refractivity contribution in [3.63, 3.8) is 0 Å². The molecule has 4 atom stereocenters. The van der Waals surface area contributed by atoms with Crippen molar-refractivity contribution in [2.75, 3.05) is 6.54 Å². The van der Waals surface area contributed by atoms with Crippen molar-refractivity contribution in [1.29, 1.82) is 0 Å². The Hall–Kier alpha value is -1.80. The van der Waals surface area contributed by atoms with Crippen molar-refractivity contribution in [3.8, 4) is 5.75 Å². The van der Waals surface area contributed by atoms with Gasteiger partial charge < -0.3 is 5.11 Å². The van der Waals surface area contributed by atoms with E-state index in [1.54, 1.807) is 0 Å². The maximum absolute atomic E-state index is 10.2. The molecule has 2 aromatic rings. The Morgan fingerprint density at radius 1 is 1.08 bits per heavy atom. The first-order chi connectivity index (χ1) is 12.7. The van der Waals surface area contributed by atoms with Gasteiger partial charge in [0.2, 0.25) is 0 Å². The molecule has 1 saturated carbocycles. The van der Waals surface area contributed by atoms with Gasteiger partial charge in [-0.3, -0.25) is 4.90 Å². The Morgan fingerprint density at radius 2 is 1.92 bits per heavy atom. The first-order valence-corrected chi connectivity index (χ1v) is 10.3. The molecule has 136 valence electrons. The molecule has 2 bridgehead atoms. The van der Waals surface area contributed by atoms with Crippen LogP contribution in [-0.4, -0.2) is 22.6 Å². The molecule has 3 aliphatic rings. The number of benzene rings is 2. The summed E-state index contributed by atoms with van der Waals surface area (Å²) in [7, 11) is 0. The summed E-state index contributed by atoms with van der Waals surface area (Å²) in [6.45, 7) is 3.56. The second kappa shape index (κ2) is 6.13. The van der Waals surface area contributed by atoms with Gasteiger partial charge in [-0.2, -0.15) is 0 Å². The lowest BCUT2D eigenvalue weighted by molar-refractivity contribution is -0.0308. The molecular weight excluding hydrogens is 318 g/mol. The zero-order chi connectivity index (χ0) is 17.7. The van der Waals surface area contributed by atoms with Crippen LogP contribution >= 0.6 is 0 Å². The van der Waals surface area contributed by atoms with Gasteiger partial charge in [0, 0.05) is 17.5 Å². The summed E-state index contributed by atoms with van der Waals surface area (Å²) in [5, 5.41) is 10.2. The lowest BCUT2D eigenvalue weighted by Gasteiger charge is -2.60. The topological polar surface area (TPSA) is 23.5 Å². The minimum atomic E-state index is 0.308. The highest BCUT2D eigenvalue weighted by molar-refractivity contribution is 5.45. The van der Waals surface area contributed by atoms with E-state index in [0.717, 1.165) is 12.3 Å².